The summed E-state index contributed by atoms with van der Waals surface area (Å²) in [6.07, 6.45) is 1.07. The van der Waals surface area contributed by atoms with Crippen LogP contribution in [0.1, 0.15) is 42.2 Å². The monoisotopic (exact) mass is 445 g/mol. The number of hydrogen-bond donors (Lipinski definition) is 1. The fourth-order valence-electron chi connectivity index (χ4n) is 4.35. The molecule has 2 aromatic rings. The summed E-state index contributed by atoms with van der Waals surface area (Å²) in [6.45, 7) is 0. The maximum atomic E-state index is 13.3. The van der Waals surface area contributed by atoms with E-state index in [1.54, 1.807) is 26.4 Å². The molecule has 1 aliphatic heterocycles. The third-order valence-corrected chi connectivity index (χ3v) is 6.50. The molecule has 0 saturated carbocycles. The van der Waals surface area contributed by atoms with Crippen LogP contribution in [-0.4, -0.2) is 25.9 Å². The molecule has 1 aliphatic carbocycles. The largest absolute Gasteiger partial charge is 0.497 e. The van der Waals surface area contributed by atoms with E-state index in [1.165, 1.54) is 0 Å². The molecule has 30 heavy (non-hydrogen) atoms. The Labute approximate surface area is 185 Å². The Balaban J connectivity index is 1.74. The second-order valence-corrected chi connectivity index (χ2v) is 8.32. The minimum Gasteiger partial charge on any atom is -0.497 e. The van der Waals surface area contributed by atoms with Crippen LogP contribution in [0.4, 0.5) is 0 Å². The number of carbonyl (C=O) groups is 2. The minimum atomic E-state index is -0.329. The summed E-state index contributed by atoms with van der Waals surface area (Å²) >= 11 is 12.2. The van der Waals surface area contributed by atoms with Crippen LogP contribution >= 0.6 is 23.2 Å². The van der Waals surface area contributed by atoms with Gasteiger partial charge in [0.2, 0.25) is 5.91 Å². The van der Waals surface area contributed by atoms with Gasteiger partial charge in [-0.3, -0.25) is 9.59 Å². The van der Waals surface area contributed by atoms with Crippen molar-refractivity contribution in [2.24, 2.45) is 0 Å². The average molecular weight is 446 g/mol. The molecule has 0 spiro atoms. The summed E-state index contributed by atoms with van der Waals surface area (Å²) in [7, 11) is 3.20. The predicted octanol–water partition coefficient (Wildman–Crippen LogP) is 5.01. The number of nitrogens with one attached hydrogen (secondary N) is 1. The molecule has 0 aromatic heterocycles. The summed E-state index contributed by atoms with van der Waals surface area (Å²) in [5.74, 6) is 0.844. The molecule has 2 aliphatic rings. The van der Waals surface area contributed by atoms with Crippen LogP contribution in [0, 0.1) is 0 Å². The number of ether oxygens (including phenoxy) is 2. The fourth-order valence-corrected chi connectivity index (χ4v) is 4.66. The number of halogens is 2. The highest BCUT2D eigenvalue weighted by atomic mass is 35.5. The smallest absolute Gasteiger partial charge is 0.225 e. The zero-order valence-corrected chi connectivity index (χ0v) is 18.1. The van der Waals surface area contributed by atoms with E-state index >= 15 is 0 Å². The van der Waals surface area contributed by atoms with Crippen molar-refractivity contribution in [3.63, 3.8) is 0 Å². The Morgan fingerprint density at radius 1 is 0.933 bits per heavy atom. The summed E-state index contributed by atoms with van der Waals surface area (Å²) in [4.78, 5) is 25.7. The van der Waals surface area contributed by atoms with E-state index in [0.29, 0.717) is 45.7 Å². The lowest BCUT2D eigenvalue weighted by molar-refractivity contribution is -0.122. The molecule has 0 bridgehead atoms. The van der Waals surface area contributed by atoms with Crippen molar-refractivity contribution in [1.82, 2.24) is 5.32 Å². The Hall–Kier alpha value is -2.50. The number of Topliss-reactive ketones (excluding diaryl/α,β-unsaturated/α-hetero) is 1. The van der Waals surface area contributed by atoms with Gasteiger partial charge in [0.1, 0.15) is 11.5 Å². The van der Waals surface area contributed by atoms with Gasteiger partial charge >= 0.3 is 0 Å². The van der Waals surface area contributed by atoms with Crippen LogP contribution in [-0.2, 0) is 9.59 Å². The van der Waals surface area contributed by atoms with Crippen molar-refractivity contribution in [3.05, 3.63) is 68.8 Å². The molecule has 0 saturated heterocycles. The molecule has 0 radical (unpaired) electrons. The first kappa shape index (κ1) is 20.8. The first-order valence-corrected chi connectivity index (χ1v) is 10.4. The molecular weight excluding hydrogens is 425 g/mol. The van der Waals surface area contributed by atoms with Gasteiger partial charge in [-0.25, -0.2) is 0 Å². The molecule has 4 rings (SSSR count). The third kappa shape index (κ3) is 3.80. The van der Waals surface area contributed by atoms with Crippen molar-refractivity contribution in [3.8, 4) is 11.5 Å². The quantitative estimate of drug-likeness (QED) is 0.717. The maximum absolute atomic E-state index is 13.3. The van der Waals surface area contributed by atoms with E-state index in [2.05, 4.69) is 5.32 Å². The van der Waals surface area contributed by atoms with Crippen molar-refractivity contribution in [2.75, 3.05) is 14.2 Å². The van der Waals surface area contributed by atoms with Gasteiger partial charge in [-0.1, -0.05) is 29.3 Å². The van der Waals surface area contributed by atoms with Crippen molar-refractivity contribution in [1.29, 1.82) is 0 Å². The molecular formula is C23H21Cl2NO4. The Morgan fingerprint density at radius 3 is 2.43 bits per heavy atom. The molecule has 7 heteroatoms. The van der Waals surface area contributed by atoms with Gasteiger partial charge in [-0.05, 0) is 42.3 Å². The number of allylic oxidation sites excluding steroid dienone is 2. The third-order valence-electron chi connectivity index (χ3n) is 5.76. The lowest BCUT2D eigenvalue weighted by atomic mass is 9.73. The first-order chi connectivity index (χ1) is 14.4. The maximum Gasteiger partial charge on any atom is 0.225 e. The van der Waals surface area contributed by atoms with Crippen LogP contribution in [0.2, 0.25) is 10.0 Å². The van der Waals surface area contributed by atoms with E-state index in [0.717, 1.165) is 11.1 Å². The predicted molar refractivity (Wildman–Crippen MR) is 116 cm³/mol. The standard InChI is InChI=1S/C23H21Cl2NO4/c1-29-14-4-6-21(30-2)15(10-14)13-8-19-23(20(27)9-13)16(11-22(28)26-19)12-3-5-17(24)18(25)7-12/h3-7,10,13,16H,8-9,11H2,1-2H3,(H,26,28)/t13-,16-/m1/s1. The van der Waals surface area contributed by atoms with Crippen LogP contribution in [0.25, 0.3) is 0 Å². The van der Waals surface area contributed by atoms with E-state index in [9.17, 15) is 9.59 Å². The van der Waals surface area contributed by atoms with Crippen LogP contribution < -0.4 is 14.8 Å². The zero-order chi connectivity index (χ0) is 21.4. The lowest BCUT2D eigenvalue weighted by Gasteiger charge is -2.35. The van der Waals surface area contributed by atoms with Gasteiger partial charge in [-0.15, -0.1) is 0 Å². The fraction of sp³-hybridized carbons (Fsp3) is 0.304. The molecule has 1 amide bonds. The molecule has 2 aromatic carbocycles. The van der Waals surface area contributed by atoms with Gasteiger partial charge in [0.15, 0.2) is 5.78 Å². The molecule has 5 nitrogen and oxygen atoms in total. The van der Waals surface area contributed by atoms with Gasteiger partial charge in [-0.2, -0.15) is 0 Å². The molecule has 156 valence electrons. The Kier molecular flexibility index (Phi) is 5.76. The number of hydrogen-bond acceptors (Lipinski definition) is 4. The van der Waals surface area contributed by atoms with Gasteiger partial charge in [0.25, 0.3) is 0 Å². The van der Waals surface area contributed by atoms with Crippen LogP contribution in [0.3, 0.4) is 0 Å². The number of rotatable bonds is 4. The molecule has 2 atom stereocenters. The summed E-state index contributed by atoms with van der Waals surface area (Å²) < 4.78 is 10.9. The molecule has 0 fully saturated rings. The van der Waals surface area contributed by atoms with Crippen LogP contribution in [0.5, 0.6) is 11.5 Å². The van der Waals surface area contributed by atoms with Gasteiger partial charge in [0.05, 0.1) is 24.3 Å². The first-order valence-electron chi connectivity index (χ1n) is 9.64. The number of carbonyl (C=O) groups excluding carboxylic acids is 2. The SMILES string of the molecule is COc1ccc(OC)c([C@H]2CC(=O)C3=C(C2)NC(=O)C[C@@H]3c2ccc(Cl)c(Cl)c2)c1. The molecule has 1 N–H and O–H groups in total. The number of benzene rings is 2. The van der Waals surface area contributed by atoms with Gasteiger partial charge < -0.3 is 14.8 Å². The summed E-state index contributed by atoms with van der Waals surface area (Å²) in [5, 5.41) is 3.78. The number of methoxy groups -OCH3 is 2. The highest BCUT2D eigenvalue weighted by Gasteiger charge is 2.39. The minimum absolute atomic E-state index is 0.0159. The van der Waals surface area contributed by atoms with E-state index in [1.807, 2.05) is 24.3 Å². The van der Waals surface area contributed by atoms with E-state index in [-0.39, 0.29) is 29.9 Å². The summed E-state index contributed by atoms with van der Waals surface area (Å²) in [6, 6.07) is 10.8. The molecule has 1 heterocycles. The molecule has 0 unspecified atom stereocenters. The zero-order valence-electron chi connectivity index (χ0n) is 16.6. The van der Waals surface area contributed by atoms with Gasteiger partial charge in [0, 0.05) is 41.5 Å². The summed E-state index contributed by atoms with van der Waals surface area (Å²) in [5.41, 5.74) is 3.04. The van der Waals surface area contributed by atoms with Crippen molar-refractivity contribution in [2.45, 2.75) is 31.1 Å². The highest BCUT2D eigenvalue weighted by molar-refractivity contribution is 6.42. The second kappa shape index (κ2) is 8.32. The number of ketones is 1. The number of amides is 1. The second-order valence-electron chi connectivity index (χ2n) is 7.51. The average Bonchev–Trinajstić information content (AvgIpc) is 2.74. The topological polar surface area (TPSA) is 64.6 Å². The van der Waals surface area contributed by atoms with Crippen molar-refractivity contribution >= 4 is 34.9 Å². The normalized spacial score (nSPS) is 21.2. The van der Waals surface area contributed by atoms with E-state index in [4.69, 9.17) is 32.7 Å². The van der Waals surface area contributed by atoms with E-state index < -0.39 is 0 Å². The van der Waals surface area contributed by atoms with Crippen molar-refractivity contribution < 1.29 is 19.1 Å². The highest BCUT2D eigenvalue weighted by Crippen LogP contribution is 2.45. The lowest BCUT2D eigenvalue weighted by Crippen LogP contribution is -2.38. The van der Waals surface area contributed by atoms with Crippen LogP contribution in [0.15, 0.2) is 47.7 Å². The Bertz CT molecular complexity index is 1060. The Morgan fingerprint density at radius 2 is 1.73 bits per heavy atom.